The molecule has 0 bridgehead atoms. The number of amides is 2. The van der Waals surface area contributed by atoms with Gasteiger partial charge in [-0.05, 0) is 20.2 Å². The van der Waals surface area contributed by atoms with E-state index in [0.717, 1.165) is 11.3 Å². The highest BCUT2D eigenvalue weighted by Crippen LogP contribution is 2.37. The molecule has 1 aromatic carbocycles. The van der Waals surface area contributed by atoms with E-state index in [0.29, 0.717) is 18.5 Å². The van der Waals surface area contributed by atoms with Crippen molar-refractivity contribution >= 4 is 11.8 Å². The van der Waals surface area contributed by atoms with Crippen LogP contribution >= 0.6 is 0 Å². The first-order chi connectivity index (χ1) is 12.3. The SMILES string of the molecule is COc1ccccc1CN1C(=O)[C@@H]2C/C(=C\N(C)C)C(=O)N2C1N(C)C. The maximum Gasteiger partial charge on any atom is 0.254 e. The van der Waals surface area contributed by atoms with E-state index in [2.05, 4.69) is 0 Å². The Labute approximate surface area is 154 Å². The molecule has 2 amide bonds. The predicted octanol–water partition coefficient (Wildman–Crippen LogP) is 0.929. The average Bonchev–Trinajstić information content (AvgIpc) is 3.04. The van der Waals surface area contributed by atoms with Crippen LogP contribution in [-0.2, 0) is 16.1 Å². The van der Waals surface area contributed by atoms with Gasteiger partial charge in [-0.2, -0.15) is 0 Å². The molecule has 0 aliphatic carbocycles. The summed E-state index contributed by atoms with van der Waals surface area (Å²) in [5.41, 5.74) is 1.60. The first-order valence-electron chi connectivity index (χ1n) is 8.63. The fourth-order valence-electron chi connectivity index (χ4n) is 3.75. The van der Waals surface area contributed by atoms with Gasteiger partial charge in [0, 0.05) is 37.9 Å². The monoisotopic (exact) mass is 358 g/mol. The fourth-order valence-corrected chi connectivity index (χ4v) is 3.75. The third kappa shape index (κ3) is 3.03. The third-order valence-electron chi connectivity index (χ3n) is 4.76. The molecule has 7 nitrogen and oxygen atoms in total. The zero-order chi connectivity index (χ0) is 19.0. The molecule has 2 heterocycles. The number of hydrogen-bond donors (Lipinski definition) is 0. The lowest BCUT2D eigenvalue weighted by Crippen LogP contribution is -2.50. The second-order valence-electron chi connectivity index (χ2n) is 7.14. The number of nitrogens with zero attached hydrogens (tertiary/aromatic N) is 4. The first-order valence-corrected chi connectivity index (χ1v) is 8.63. The molecule has 2 aliphatic rings. The maximum absolute atomic E-state index is 13.1. The van der Waals surface area contributed by atoms with Gasteiger partial charge >= 0.3 is 0 Å². The minimum absolute atomic E-state index is 0.0230. The van der Waals surface area contributed by atoms with Crippen LogP contribution in [0.3, 0.4) is 0 Å². The lowest BCUT2D eigenvalue weighted by atomic mass is 10.1. The van der Waals surface area contributed by atoms with Gasteiger partial charge < -0.3 is 14.5 Å². The summed E-state index contributed by atoms with van der Waals surface area (Å²) in [4.78, 5) is 33.2. The van der Waals surface area contributed by atoms with E-state index in [1.807, 2.05) is 68.5 Å². The van der Waals surface area contributed by atoms with Crippen molar-refractivity contribution in [2.24, 2.45) is 0 Å². The number of carbonyl (C=O) groups is 2. The molecule has 26 heavy (non-hydrogen) atoms. The number of fused-ring (bicyclic) bond motifs is 1. The van der Waals surface area contributed by atoms with Gasteiger partial charge in [-0.25, -0.2) is 0 Å². The second-order valence-corrected chi connectivity index (χ2v) is 7.14. The molecule has 0 N–H and O–H groups in total. The van der Waals surface area contributed by atoms with Crippen LogP contribution in [-0.4, -0.2) is 79.0 Å². The van der Waals surface area contributed by atoms with Crippen LogP contribution in [0.1, 0.15) is 12.0 Å². The van der Waals surface area contributed by atoms with Crippen LogP contribution in [0.2, 0.25) is 0 Å². The van der Waals surface area contributed by atoms with Crippen LogP contribution in [0.15, 0.2) is 36.0 Å². The number of benzene rings is 1. The van der Waals surface area contributed by atoms with Gasteiger partial charge in [0.1, 0.15) is 11.8 Å². The van der Waals surface area contributed by atoms with Crippen molar-refractivity contribution in [1.29, 1.82) is 0 Å². The molecule has 3 rings (SSSR count). The Balaban J connectivity index is 1.92. The summed E-state index contributed by atoms with van der Waals surface area (Å²) in [6.45, 7) is 0.401. The van der Waals surface area contributed by atoms with E-state index in [1.54, 1.807) is 16.9 Å². The summed E-state index contributed by atoms with van der Waals surface area (Å²) in [5, 5.41) is 0. The van der Waals surface area contributed by atoms with Crippen molar-refractivity contribution in [3.05, 3.63) is 41.6 Å². The number of methoxy groups -OCH3 is 1. The lowest BCUT2D eigenvalue weighted by Gasteiger charge is -2.34. The Morgan fingerprint density at radius 3 is 2.50 bits per heavy atom. The van der Waals surface area contributed by atoms with Crippen molar-refractivity contribution in [3.8, 4) is 5.75 Å². The maximum atomic E-state index is 13.1. The fraction of sp³-hybridized carbons (Fsp3) is 0.474. The molecule has 1 unspecified atom stereocenters. The highest BCUT2D eigenvalue weighted by molar-refractivity contribution is 6.03. The largest absolute Gasteiger partial charge is 0.496 e. The van der Waals surface area contributed by atoms with Crippen molar-refractivity contribution < 1.29 is 14.3 Å². The van der Waals surface area contributed by atoms with Crippen LogP contribution < -0.4 is 4.74 Å². The van der Waals surface area contributed by atoms with Crippen molar-refractivity contribution in [2.45, 2.75) is 25.3 Å². The van der Waals surface area contributed by atoms with Crippen molar-refractivity contribution in [1.82, 2.24) is 19.6 Å². The zero-order valence-corrected chi connectivity index (χ0v) is 16.0. The zero-order valence-electron chi connectivity index (χ0n) is 16.0. The van der Waals surface area contributed by atoms with Gasteiger partial charge in [0.25, 0.3) is 5.91 Å². The Morgan fingerprint density at radius 2 is 1.88 bits per heavy atom. The average molecular weight is 358 g/mol. The van der Waals surface area contributed by atoms with E-state index in [4.69, 9.17) is 4.74 Å². The van der Waals surface area contributed by atoms with E-state index in [9.17, 15) is 9.59 Å². The minimum Gasteiger partial charge on any atom is -0.496 e. The highest BCUT2D eigenvalue weighted by atomic mass is 16.5. The molecule has 2 saturated heterocycles. The van der Waals surface area contributed by atoms with Crippen molar-refractivity contribution in [2.75, 3.05) is 35.3 Å². The summed E-state index contributed by atoms with van der Waals surface area (Å²) in [6.07, 6.45) is 1.85. The van der Waals surface area contributed by atoms with E-state index < -0.39 is 12.3 Å². The van der Waals surface area contributed by atoms with Gasteiger partial charge in [0.15, 0.2) is 6.29 Å². The van der Waals surface area contributed by atoms with Gasteiger partial charge in [-0.15, -0.1) is 0 Å². The normalized spacial score (nSPS) is 24.0. The highest BCUT2D eigenvalue weighted by Gasteiger charge is 2.54. The molecule has 0 saturated carbocycles. The van der Waals surface area contributed by atoms with E-state index in [1.165, 1.54) is 0 Å². The van der Waals surface area contributed by atoms with Crippen molar-refractivity contribution in [3.63, 3.8) is 0 Å². The minimum atomic E-state index is -0.434. The number of hydrogen-bond acceptors (Lipinski definition) is 5. The van der Waals surface area contributed by atoms with Crippen LogP contribution in [0.4, 0.5) is 0 Å². The van der Waals surface area contributed by atoms with Crippen LogP contribution in [0.25, 0.3) is 0 Å². The summed E-state index contributed by atoms with van der Waals surface area (Å²) in [5.74, 6) is 0.646. The molecule has 0 radical (unpaired) electrons. The Morgan fingerprint density at radius 1 is 1.19 bits per heavy atom. The lowest BCUT2D eigenvalue weighted by molar-refractivity contribution is -0.134. The third-order valence-corrected chi connectivity index (χ3v) is 4.76. The molecular formula is C19H26N4O3. The second kappa shape index (κ2) is 6.99. The molecule has 2 fully saturated rings. The molecule has 2 aliphatic heterocycles. The number of carbonyl (C=O) groups excluding carboxylic acids is 2. The van der Waals surface area contributed by atoms with Crippen LogP contribution in [0, 0.1) is 0 Å². The van der Waals surface area contributed by atoms with Gasteiger partial charge in [0.05, 0.1) is 13.7 Å². The summed E-state index contributed by atoms with van der Waals surface area (Å²) < 4.78 is 5.42. The smallest absolute Gasteiger partial charge is 0.254 e. The Kier molecular flexibility index (Phi) is 4.91. The molecule has 2 atom stereocenters. The van der Waals surface area contributed by atoms with E-state index >= 15 is 0 Å². The summed E-state index contributed by atoms with van der Waals surface area (Å²) in [6, 6.07) is 7.22. The van der Waals surface area contributed by atoms with Gasteiger partial charge in [0.2, 0.25) is 5.91 Å². The summed E-state index contributed by atoms with van der Waals surface area (Å²) in [7, 11) is 9.15. The van der Waals surface area contributed by atoms with Gasteiger partial charge in [-0.1, -0.05) is 18.2 Å². The molecule has 0 spiro atoms. The van der Waals surface area contributed by atoms with Gasteiger partial charge in [-0.3, -0.25) is 19.4 Å². The standard InChI is InChI=1S/C19H26N4O3/c1-20(2)11-14-10-15-18(25)22(19(21(3)4)23(15)17(14)24)12-13-8-6-7-9-16(13)26-5/h6-9,11,15,19H,10,12H2,1-5H3/b14-11+/t15-,19?/m0/s1. The topological polar surface area (TPSA) is 56.3 Å². The Hall–Kier alpha value is -2.54. The summed E-state index contributed by atoms with van der Waals surface area (Å²) >= 11 is 0. The number of ether oxygens (including phenoxy) is 1. The molecule has 140 valence electrons. The first kappa shape index (κ1) is 18.3. The molecule has 7 heteroatoms. The van der Waals surface area contributed by atoms with E-state index in [-0.39, 0.29) is 11.8 Å². The molecular weight excluding hydrogens is 332 g/mol. The molecule has 0 aromatic heterocycles. The van der Waals surface area contributed by atoms with Crippen LogP contribution in [0.5, 0.6) is 5.75 Å². The predicted molar refractivity (Wildman–Crippen MR) is 98.0 cm³/mol. The number of para-hydroxylation sites is 1. The quantitative estimate of drug-likeness (QED) is 0.733. The Bertz CT molecular complexity index is 744. The number of rotatable bonds is 5. The molecule has 1 aromatic rings.